The predicted molar refractivity (Wildman–Crippen MR) is 109 cm³/mol. The zero-order chi connectivity index (χ0) is 20.1. The highest BCUT2D eigenvalue weighted by Crippen LogP contribution is 2.28. The Hall–Kier alpha value is -3.19. The van der Waals surface area contributed by atoms with Crippen molar-refractivity contribution in [3.8, 4) is 22.8 Å². The highest BCUT2D eigenvalue weighted by atomic mass is 32.2. The summed E-state index contributed by atoms with van der Waals surface area (Å²) in [5.41, 5.74) is 1.66. The van der Waals surface area contributed by atoms with Crippen LogP contribution in [0.25, 0.3) is 17.1 Å². The maximum absolute atomic E-state index is 13.7. The van der Waals surface area contributed by atoms with E-state index in [1.165, 1.54) is 30.0 Å². The van der Waals surface area contributed by atoms with E-state index in [2.05, 4.69) is 10.2 Å². The molecule has 0 aliphatic heterocycles. The maximum Gasteiger partial charge on any atom is 0.196 e. The number of rotatable bonds is 7. The Morgan fingerprint density at radius 3 is 2.31 bits per heavy atom. The number of nitrogens with zero attached hydrogens (tertiary/aromatic N) is 3. The zero-order valence-corrected chi connectivity index (χ0v) is 16.2. The minimum atomic E-state index is -0.390. The molecule has 0 spiro atoms. The number of benzene rings is 3. The average Bonchev–Trinajstić information content (AvgIpc) is 3.17. The van der Waals surface area contributed by atoms with Crippen molar-refractivity contribution in [2.45, 2.75) is 5.16 Å². The van der Waals surface area contributed by atoms with Crippen LogP contribution in [-0.4, -0.2) is 27.1 Å². The third-order valence-electron chi connectivity index (χ3n) is 4.16. The fourth-order valence-electron chi connectivity index (χ4n) is 2.81. The van der Waals surface area contributed by atoms with Gasteiger partial charge in [0.05, 0.1) is 6.61 Å². The lowest BCUT2D eigenvalue weighted by atomic mass is 10.2. The number of para-hydroxylation sites is 1. The average molecular weight is 409 g/mol. The quantitative estimate of drug-likeness (QED) is 0.303. The van der Waals surface area contributed by atoms with Gasteiger partial charge in [0, 0.05) is 17.0 Å². The van der Waals surface area contributed by atoms with Gasteiger partial charge in [-0.05, 0) is 36.4 Å². The van der Waals surface area contributed by atoms with E-state index in [9.17, 15) is 8.78 Å². The van der Waals surface area contributed by atoms with E-state index in [4.69, 9.17) is 4.74 Å². The molecule has 4 aromatic rings. The van der Waals surface area contributed by atoms with Gasteiger partial charge in [0.1, 0.15) is 5.82 Å². The Morgan fingerprint density at radius 1 is 0.828 bits per heavy atom. The molecule has 0 aliphatic carbocycles. The third kappa shape index (κ3) is 4.46. The molecule has 0 radical (unpaired) electrons. The van der Waals surface area contributed by atoms with Crippen LogP contribution >= 0.6 is 11.8 Å². The minimum Gasteiger partial charge on any atom is -0.490 e. The van der Waals surface area contributed by atoms with Gasteiger partial charge in [-0.3, -0.25) is 4.57 Å². The summed E-state index contributed by atoms with van der Waals surface area (Å²) in [7, 11) is 0. The molecule has 0 saturated carbocycles. The summed E-state index contributed by atoms with van der Waals surface area (Å²) in [6.45, 7) is 0.308. The Kier molecular flexibility index (Phi) is 5.86. The Morgan fingerprint density at radius 2 is 1.55 bits per heavy atom. The first kappa shape index (κ1) is 19.1. The minimum absolute atomic E-state index is 0.220. The van der Waals surface area contributed by atoms with Crippen molar-refractivity contribution in [1.82, 2.24) is 14.8 Å². The van der Waals surface area contributed by atoms with E-state index >= 15 is 0 Å². The number of halogens is 2. The molecule has 146 valence electrons. The monoisotopic (exact) mass is 409 g/mol. The lowest BCUT2D eigenvalue weighted by Gasteiger charge is -2.11. The standard InChI is InChI=1S/C22H17F2N3OS/c23-17-10-12-18(13-11-17)27-21(16-6-2-1-3-7-16)25-26-22(27)29-15-14-28-20-9-5-4-8-19(20)24/h1-13H,14-15H2. The number of hydrogen-bond donors (Lipinski definition) is 0. The molecule has 0 saturated heterocycles. The fourth-order valence-corrected chi connectivity index (χ4v) is 3.58. The number of hydrogen-bond acceptors (Lipinski definition) is 4. The van der Waals surface area contributed by atoms with Crippen LogP contribution in [0.1, 0.15) is 0 Å². The van der Waals surface area contributed by atoms with Crippen LogP contribution in [-0.2, 0) is 0 Å². The van der Waals surface area contributed by atoms with E-state index in [-0.39, 0.29) is 11.6 Å². The van der Waals surface area contributed by atoms with Gasteiger partial charge in [-0.25, -0.2) is 8.78 Å². The summed E-state index contributed by atoms with van der Waals surface area (Å²) in [6, 6.07) is 22.1. The number of ether oxygens (including phenoxy) is 1. The van der Waals surface area contributed by atoms with Crippen LogP contribution in [0.3, 0.4) is 0 Å². The van der Waals surface area contributed by atoms with Gasteiger partial charge in [0.2, 0.25) is 0 Å². The molecule has 29 heavy (non-hydrogen) atoms. The van der Waals surface area contributed by atoms with Crippen LogP contribution in [0.15, 0.2) is 84.0 Å². The molecule has 3 aromatic carbocycles. The smallest absolute Gasteiger partial charge is 0.196 e. The summed E-state index contributed by atoms with van der Waals surface area (Å²) < 4.78 is 34.4. The highest BCUT2D eigenvalue weighted by Gasteiger charge is 2.16. The van der Waals surface area contributed by atoms with Crippen molar-refractivity contribution in [1.29, 1.82) is 0 Å². The summed E-state index contributed by atoms with van der Waals surface area (Å²) in [6.07, 6.45) is 0. The first-order chi connectivity index (χ1) is 14.2. The third-order valence-corrected chi connectivity index (χ3v) is 5.05. The molecule has 4 rings (SSSR count). The summed E-state index contributed by atoms with van der Waals surface area (Å²) in [4.78, 5) is 0. The van der Waals surface area contributed by atoms with Gasteiger partial charge in [0.25, 0.3) is 0 Å². The molecule has 1 aromatic heterocycles. The summed E-state index contributed by atoms with van der Waals surface area (Å²) in [5.74, 6) is 0.726. The topological polar surface area (TPSA) is 39.9 Å². The first-order valence-corrected chi connectivity index (χ1v) is 9.98. The maximum atomic E-state index is 13.7. The Bertz CT molecular complexity index is 1080. The van der Waals surface area contributed by atoms with Crippen molar-refractivity contribution < 1.29 is 13.5 Å². The van der Waals surface area contributed by atoms with E-state index < -0.39 is 5.82 Å². The first-order valence-electron chi connectivity index (χ1n) is 8.99. The molecule has 0 atom stereocenters. The van der Waals surface area contributed by atoms with E-state index in [1.807, 2.05) is 34.9 Å². The summed E-state index contributed by atoms with van der Waals surface area (Å²) >= 11 is 1.43. The molecule has 0 fully saturated rings. The second kappa shape index (κ2) is 8.87. The van der Waals surface area contributed by atoms with Crippen LogP contribution in [0.2, 0.25) is 0 Å². The highest BCUT2D eigenvalue weighted by molar-refractivity contribution is 7.99. The van der Waals surface area contributed by atoms with Crippen LogP contribution in [0, 0.1) is 11.6 Å². The molecular formula is C22H17F2N3OS. The molecule has 0 amide bonds. The van der Waals surface area contributed by atoms with Gasteiger partial charge in [0.15, 0.2) is 22.5 Å². The number of aromatic nitrogens is 3. The fraction of sp³-hybridized carbons (Fsp3) is 0.0909. The molecular weight excluding hydrogens is 392 g/mol. The van der Waals surface area contributed by atoms with Crippen LogP contribution in [0.5, 0.6) is 5.75 Å². The second-order valence-electron chi connectivity index (χ2n) is 6.11. The molecule has 0 unspecified atom stereocenters. The lowest BCUT2D eigenvalue weighted by molar-refractivity contribution is 0.325. The summed E-state index contributed by atoms with van der Waals surface area (Å²) in [5, 5.41) is 9.29. The Labute approximate surface area is 171 Å². The second-order valence-corrected chi connectivity index (χ2v) is 7.17. The lowest BCUT2D eigenvalue weighted by Crippen LogP contribution is -2.04. The van der Waals surface area contributed by atoms with Crippen LogP contribution in [0.4, 0.5) is 8.78 Å². The molecule has 0 N–H and O–H groups in total. The van der Waals surface area contributed by atoms with Crippen molar-refractivity contribution >= 4 is 11.8 Å². The SMILES string of the molecule is Fc1ccc(-n2c(SCCOc3ccccc3F)nnc2-c2ccccc2)cc1. The predicted octanol–water partition coefficient (Wildman–Crippen LogP) is 5.38. The normalized spacial score (nSPS) is 10.8. The van der Waals surface area contributed by atoms with Gasteiger partial charge in [-0.1, -0.05) is 54.2 Å². The van der Waals surface area contributed by atoms with Crippen molar-refractivity contribution in [2.24, 2.45) is 0 Å². The van der Waals surface area contributed by atoms with Crippen molar-refractivity contribution in [3.05, 3.63) is 90.5 Å². The molecule has 1 heterocycles. The van der Waals surface area contributed by atoms with Crippen molar-refractivity contribution in [3.63, 3.8) is 0 Å². The molecule has 0 aliphatic rings. The van der Waals surface area contributed by atoms with Gasteiger partial charge < -0.3 is 4.74 Å². The molecule has 7 heteroatoms. The van der Waals surface area contributed by atoms with Gasteiger partial charge in [-0.15, -0.1) is 10.2 Å². The van der Waals surface area contributed by atoms with Crippen molar-refractivity contribution in [2.75, 3.05) is 12.4 Å². The number of thioether (sulfide) groups is 1. The van der Waals surface area contributed by atoms with E-state index in [0.29, 0.717) is 23.3 Å². The Balaban J connectivity index is 1.56. The van der Waals surface area contributed by atoms with Gasteiger partial charge in [-0.2, -0.15) is 0 Å². The molecule has 0 bridgehead atoms. The van der Waals surface area contributed by atoms with E-state index in [1.54, 1.807) is 30.3 Å². The molecule has 4 nitrogen and oxygen atoms in total. The largest absolute Gasteiger partial charge is 0.490 e. The van der Waals surface area contributed by atoms with Gasteiger partial charge >= 0.3 is 0 Å². The van der Waals surface area contributed by atoms with Crippen LogP contribution < -0.4 is 4.74 Å². The zero-order valence-electron chi connectivity index (χ0n) is 15.3. The van der Waals surface area contributed by atoms with E-state index in [0.717, 1.165) is 11.3 Å².